The Morgan fingerprint density at radius 1 is 1.42 bits per heavy atom. The normalized spacial score (nSPS) is 34.8. The molecule has 0 aromatic carbocycles. The molecular formula is C16H24O3. The summed E-state index contributed by atoms with van der Waals surface area (Å²) in [5, 5.41) is 0. The van der Waals surface area contributed by atoms with Gasteiger partial charge in [0, 0.05) is 23.8 Å². The Balaban J connectivity index is 2.44. The lowest BCUT2D eigenvalue weighted by Gasteiger charge is -2.35. The largest absolute Gasteiger partial charge is 0.454 e. The molecule has 0 aromatic heterocycles. The predicted octanol–water partition coefficient (Wildman–Crippen LogP) is 3.28. The molecule has 0 heterocycles. The summed E-state index contributed by atoms with van der Waals surface area (Å²) in [5.74, 6) is 0.110. The number of hydrogen-bond donors (Lipinski definition) is 0. The first-order valence-corrected chi connectivity index (χ1v) is 7.30. The lowest BCUT2D eigenvalue weighted by atomic mass is 9.69. The highest BCUT2D eigenvalue weighted by molar-refractivity contribution is 6.04. The Bertz CT molecular complexity index is 422. The third kappa shape index (κ3) is 2.35. The number of carbonyl (C=O) groups is 2. The summed E-state index contributed by atoms with van der Waals surface area (Å²) in [4.78, 5) is 23.9. The number of rotatable bonds is 2. The van der Waals surface area contributed by atoms with E-state index in [9.17, 15) is 9.59 Å². The molecule has 0 saturated heterocycles. The van der Waals surface area contributed by atoms with Crippen molar-refractivity contribution >= 4 is 11.8 Å². The molecule has 19 heavy (non-hydrogen) atoms. The Kier molecular flexibility index (Phi) is 3.84. The van der Waals surface area contributed by atoms with Gasteiger partial charge in [-0.2, -0.15) is 0 Å². The summed E-state index contributed by atoms with van der Waals surface area (Å²) in [5.41, 5.74) is 0.789. The van der Waals surface area contributed by atoms with Crippen molar-refractivity contribution in [1.82, 2.24) is 0 Å². The van der Waals surface area contributed by atoms with Gasteiger partial charge in [0.2, 0.25) is 0 Å². The van der Waals surface area contributed by atoms with Crippen LogP contribution in [0.1, 0.15) is 53.4 Å². The van der Waals surface area contributed by atoms with Gasteiger partial charge in [0.15, 0.2) is 11.9 Å². The molecule has 2 aliphatic carbocycles. The first-order valence-electron chi connectivity index (χ1n) is 7.30. The molecule has 0 aromatic rings. The number of esters is 1. The molecule has 3 atom stereocenters. The highest BCUT2D eigenvalue weighted by Crippen LogP contribution is 2.54. The third-order valence-electron chi connectivity index (χ3n) is 4.71. The van der Waals surface area contributed by atoms with Crippen molar-refractivity contribution in [2.45, 2.75) is 59.5 Å². The van der Waals surface area contributed by atoms with E-state index in [-0.39, 0.29) is 23.1 Å². The van der Waals surface area contributed by atoms with Crippen LogP contribution >= 0.6 is 0 Å². The standard InChI is InChI=1S/C16H24O3/c1-10(2)13-15(19-11(3)17)14(18)12-8-6-5-7-9-16(12,13)4/h8,10,13,15H,5-7,9H2,1-4H3/t13-,15+,16-/m0/s1. The first kappa shape index (κ1) is 14.3. The zero-order chi connectivity index (χ0) is 14.2. The second-order valence-corrected chi connectivity index (χ2v) is 6.45. The number of Topliss-reactive ketones (excluding diaryl/α,β-unsaturated/α-hetero) is 1. The Morgan fingerprint density at radius 3 is 2.68 bits per heavy atom. The van der Waals surface area contributed by atoms with Gasteiger partial charge in [-0.25, -0.2) is 0 Å². The fourth-order valence-electron chi connectivity index (χ4n) is 4.02. The van der Waals surface area contributed by atoms with Crippen LogP contribution in [0.5, 0.6) is 0 Å². The van der Waals surface area contributed by atoms with Crippen LogP contribution in [-0.2, 0) is 14.3 Å². The second-order valence-electron chi connectivity index (χ2n) is 6.45. The van der Waals surface area contributed by atoms with Gasteiger partial charge in [0.1, 0.15) is 0 Å². The molecule has 106 valence electrons. The summed E-state index contributed by atoms with van der Waals surface area (Å²) >= 11 is 0. The van der Waals surface area contributed by atoms with Crippen molar-refractivity contribution < 1.29 is 14.3 Å². The van der Waals surface area contributed by atoms with Crippen LogP contribution in [0.2, 0.25) is 0 Å². The Labute approximate surface area is 115 Å². The van der Waals surface area contributed by atoms with Gasteiger partial charge >= 0.3 is 5.97 Å². The quantitative estimate of drug-likeness (QED) is 0.719. The molecule has 1 saturated carbocycles. The van der Waals surface area contributed by atoms with Gasteiger partial charge in [-0.15, -0.1) is 0 Å². The topological polar surface area (TPSA) is 43.4 Å². The molecule has 2 rings (SSSR count). The van der Waals surface area contributed by atoms with Gasteiger partial charge < -0.3 is 4.74 Å². The van der Waals surface area contributed by atoms with E-state index in [1.165, 1.54) is 6.92 Å². The molecule has 0 spiro atoms. The number of carbonyl (C=O) groups excluding carboxylic acids is 2. The fraction of sp³-hybridized carbons (Fsp3) is 0.750. The van der Waals surface area contributed by atoms with Crippen LogP contribution < -0.4 is 0 Å². The maximum atomic E-state index is 12.6. The van der Waals surface area contributed by atoms with E-state index in [0.29, 0.717) is 5.92 Å². The van der Waals surface area contributed by atoms with E-state index >= 15 is 0 Å². The molecule has 0 aliphatic heterocycles. The Morgan fingerprint density at radius 2 is 2.11 bits per heavy atom. The van der Waals surface area contributed by atoms with Gasteiger partial charge in [0.05, 0.1) is 0 Å². The summed E-state index contributed by atoms with van der Waals surface area (Å²) in [7, 11) is 0. The van der Waals surface area contributed by atoms with Crippen molar-refractivity contribution in [3.63, 3.8) is 0 Å². The third-order valence-corrected chi connectivity index (χ3v) is 4.71. The van der Waals surface area contributed by atoms with E-state index < -0.39 is 6.10 Å². The van der Waals surface area contributed by atoms with E-state index in [1.54, 1.807) is 0 Å². The van der Waals surface area contributed by atoms with Gasteiger partial charge in [0.25, 0.3) is 0 Å². The Hall–Kier alpha value is -1.12. The van der Waals surface area contributed by atoms with Crippen LogP contribution in [0.3, 0.4) is 0 Å². The number of ether oxygens (including phenoxy) is 1. The lowest BCUT2D eigenvalue weighted by molar-refractivity contribution is -0.155. The van der Waals surface area contributed by atoms with Gasteiger partial charge in [-0.05, 0) is 25.2 Å². The lowest BCUT2D eigenvalue weighted by Crippen LogP contribution is -2.36. The predicted molar refractivity (Wildman–Crippen MR) is 73.5 cm³/mol. The highest BCUT2D eigenvalue weighted by atomic mass is 16.5. The maximum absolute atomic E-state index is 12.6. The van der Waals surface area contributed by atoms with Crippen LogP contribution in [0.25, 0.3) is 0 Å². The molecule has 3 nitrogen and oxygen atoms in total. The zero-order valence-corrected chi connectivity index (χ0v) is 12.4. The van der Waals surface area contributed by atoms with Crippen LogP contribution in [0.15, 0.2) is 11.6 Å². The van der Waals surface area contributed by atoms with E-state index in [0.717, 1.165) is 31.3 Å². The summed E-state index contributed by atoms with van der Waals surface area (Å²) in [6, 6.07) is 0. The molecule has 0 bridgehead atoms. The SMILES string of the molecule is CC(=O)O[C@H]1C(=O)C2=CCCCC[C@]2(C)[C@H]1C(C)C. The number of ketones is 1. The van der Waals surface area contributed by atoms with Gasteiger partial charge in [-0.1, -0.05) is 33.3 Å². The zero-order valence-electron chi connectivity index (χ0n) is 12.4. The summed E-state index contributed by atoms with van der Waals surface area (Å²) in [6.45, 7) is 7.80. The van der Waals surface area contributed by atoms with Crippen LogP contribution in [0.4, 0.5) is 0 Å². The molecular weight excluding hydrogens is 240 g/mol. The number of hydrogen-bond acceptors (Lipinski definition) is 3. The van der Waals surface area contributed by atoms with Crippen molar-refractivity contribution in [2.24, 2.45) is 17.3 Å². The number of fused-ring (bicyclic) bond motifs is 1. The van der Waals surface area contributed by atoms with Crippen molar-refractivity contribution in [1.29, 1.82) is 0 Å². The summed E-state index contributed by atoms with van der Waals surface area (Å²) < 4.78 is 5.37. The monoisotopic (exact) mass is 264 g/mol. The van der Waals surface area contributed by atoms with Crippen molar-refractivity contribution in [3.8, 4) is 0 Å². The minimum atomic E-state index is -0.577. The van der Waals surface area contributed by atoms with Crippen LogP contribution in [0, 0.1) is 17.3 Å². The fourth-order valence-corrected chi connectivity index (χ4v) is 4.02. The van der Waals surface area contributed by atoms with E-state index in [4.69, 9.17) is 4.74 Å². The summed E-state index contributed by atoms with van der Waals surface area (Å²) in [6.07, 6.45) is 5.79. The van der Waals surface area contributed by atoms with E-state index in [1.807, 2.05) is 0 Å². The average Bonchev–Trinajstić information content (AvgIpc) is 2.44. The minimum absolute atomic E-state index is 0.0401. The first-order chi connectivity index (χ1) is 8.88. The molecule has 2 aliphatic rings. The molecule has 0 N–H and O–H groups in total. The van der Waals surface area contributed by atoms with Gasteiger partial charge in [-0.3, -0.25) is 9.59 Å². The molecule has 0 radical (unpaired) electrons. The highest BCUT2D eigenvalue weighted by Gasteiger charge is 2.56. The average molecular weight is 264 g/mol. The second kappa shape index (κ2) is 5.10. The smallest absolute Gasteiger partial charge is 0.303 e. The maximum Gasteiger partial charge on any atom is 0.303 e. The van der Waals surface area contributed by atoms with E-state index in [2.05, 4.69) is 26.8 Å². The van der Waals surface area contributed by atoms with Crippen LogP contribution in [-0.4, -0.2) is 17.9 Å². The molecule has 0 amide bonds. The van der Waals surface area contributed by atoms with Crippen molar-refractivity contribution in [3.05, 3.63) is 11.6 Å². The molecule has 1 fully saturated rings. The molecule has 0 unspecified atom stereocenters. The molecule has 3 heteroatoms. The van der Waals surface area contributed by atoms with Crippen molar-refractivity contribution in [2.75, 3.05) is 0 Å². The minimum Gasteiger partial charge on any atom is -0.454 e. The number of allylic oxidation sites excluding steroid dienone is 1.